The zero-order chi connectivity index (χ0) is 6.41. The first-order valence-corrected chi connectivity index (χ1v) is 5.27. The Bertz CT molecular complexity index is 67.1. The van der Waals surface area contributed by atoms with E-state index in [1.165, 1.54) is 0 Å². The Labute approximate surface area is 91.3 Å². The van der Waals surface area contributed by atoms with E-state index in [4.69, 9.17) is 0 Å². The third-order valence-electron chi connectivity index (χ3n) is 0. The van der Waals surface area contributed by atoms with Gasteiger partial charge in [-0.3, -0.25) is 0 Å². The summed E-state index contributed by atoms with van der Waals surface area (Å²) >= 11 is -11.1. The van der Waals surface area contributed by atoms with Crippen LogP contribution in [0, 0.1) is 0 Å². The van der Waals surface area contributed by atoms with Crippen LogP contribution in [0.3, 0.4) is 0 Å². The topological polar surface area (TPSA) is 0 Å². The SMILES string of the molecule is F[As-](F)(F)(F)(F)F.[Rb+]. The third kappa shape index (κ3) is 101. The van der Waals surface area contributed by atoms with Gasteiger partial charge in [-0.15, -0.1) is 0 Å². The van der Waals surface area contributed by atoms with Crippen LogP contribution in [0.25, 0.3) is 0 Å². The van der Waals surface area contributed by atoms with E-state index >= 15 is 0 Å². The molecule has 0 nitrogen and oxygen atoms in total. The van der Waals surface area contributed by atoms with Gasteiger partial charge in [-0.2, -0.15) is 0 Å². The number of hydrogen-bond acceptors (Lipinski definition) is 0. The van der Waals surface area contributed by atoms with Crippen LogP contribution in [-0.2, 0) is 0 Å². The average Bonchev–Trinajstić information content (AvgIpc) is 0.592. The van der Waals surface area contributed by atoms with Crippen molar-refractivity contribution in [2.24, 2.45) is 0 Å². The first-order chi connectivity index (χ1) is 2.45. The van der Waals surface area contributed by atoms with Gasteiger partial charge in [0.1, 0.15) is 0 Å². The standard InChI is InChI=1S/AsF6.Rb/c2-1(3,4,5,6)7;/q-1;+1. The molecule has 0 unspecified atom stereocenters. The minimum absolute atomic E-state index is 0. The Hall–Kier alpha value is 1.94. The van der Waals surface area contributed by atoms with Gasteiger partial charge in [0.15, 0.2) is 0 Å². The quantitative estimate of drug-likeness (QED) is 0.398. The van der Waals surface area contributed by atoms with Gasteiger partial charge in [0, 0.05) is 0 Å². The van der Waals surface area contributed by atoms with E-state index in [9.17, 15) is 20.8 Å². The molecule has 0 aliphatic rings. The molecule has 0 fully saturated rings. The Balaban J connectivity index is 0. The number of rotatable bonds is 0. The number of halogens is 6. The zero-order valence-corrected chi connectivity index (χ0v) is 10.5. The molecule has 0 aromatic carbocycles. The van der Waals surface area contributed by atoms with Crippen LogP contribution in [-0.4, -0.2) is 14.2 Å². The van der Waals surface area contributed by atoms with Gasteiger partial charge >= 0.3 is 93.2 Å². The molecule has 8 heteroatoms. The molecule has 8 heavy (non-hydrogen) atoms. The zero-order valence-electron chi connectivity index (χ0n) is 3.72. The van der Waals surface area contributed by atoms with E-state index in [2.05, 4.69) is 0 Å². The second kappa shape index (κ2) is 1.97. The summed E-state index contributed by atoms with van der Waals surface area (Å²) in [5, 5.41) is 0. The molecule has 0 aliphatic heterocycles. The Kier molecular flexibility index (Phi) is 3.10. The maximum atomic E-state index is 9.91. The van der Waals surface area contributed by atoms with Crippen molar-refractivity contribution in [1.29, 1.82) is 0 Å². The average molecular weight is 274 g/mol. The normalized spacial score (nSPS) is 20.2. The van der Waals surface area contributed by atoms with E-state index < -0.39 is 14.2 Å². The molecule has 0 N–H and O–H groups in total. The fourth-order valence-corrected chi connectivity index (χ4v) is 0. The number of hydrogen-bond donors (Lipinski definition) is 0. The van der Waals surface area contributed by atoms with Crippen LogP contribution >= 0.6 is 0 Å². The molecule has 0 aromatic heterocycles. The second-order valence-corrected chi connectivity index (χ2v) is 4.98. The van der Waals surface area contributed by atoms with Gasteiger partial charge in [-0.25, -0.2) is 0 Å². The van der Waals surface area contributed by atoms with Crippen molar-refractivity contribution in [3.05, 3.63) is 0 Å². The van der Waals surface area contributed by atoms with Crippen LogP contribution in [0.2, 0.25) is 0 Å². The molecule has 0 aromatic rings. The van der Waals surface area contributed by atoms with Crippen molar-refractivity contribution in [3.8, 4) is 0 Å². The van der Waals surface area contributed by atoms with E-state index in [1.807, 2.05) is 0 Å². The van der Waals surface area contributed by atoms with E-state index in [1.54, 1.807) is 0 Å². The first kappa shape index (κ1) is 12.6. The summed E-state index contributed by atoms with van der Waals surface area (Å²) in [6.07, 6.45) is 0. The Morgan fingerprint density at radius 2 is 0.625 bits per heavy atom. The maximum Gasteiger partial charge on any atom is 1.00 e. The molecular weight excluding hydrogens is 274 g/mol. The van der Waals surface area contributed by atoms with Crippen LogP contribution in [0.1, 0.15) is 0 Å². The summed E-state index contributed by atoms with van der Waals surface area (Å²) in [6.45, 7) is 0. The summed E-state index contributed by atoms with van der Waals surface area (Å²) in [5.74, 6) is 0. The molecular formula is AsF6Rb. The maximum absolute atomic E-state index is 11.1. The van der Waals surface area contributed by atoms with Crippen molar-refractivity contribution < 1.29 is 79.0 Å². The van der Waals surface area contributed by atoms with Crippen molar-refractivity contribution in [2.75, 3.05) is 0 Å². The van der Waals surface area contributed by atoms with Gasteiger partial charge in [0.2, 0.25) is 0 Å². The van der Waals surface area contributed by atoms with Crippen LogP contribution in [0.4, 0.5) is 20.8 Å². The molecule has 0 bridgehead atoms. The van der Waals surface area contributed by atoms with Crippen molar-refractivity contribution in [3.63, 3.8) is 0 Å². The largest absolute Gasteiger partial charge is 1.00 e. The molecule has 0 heterocycles. The molecule has 0 rings (SSSR count). The molecule has 0 saturated heterocycles. The van der Waals surface area contributed by atoms with Crippen molar-refractivity contribution in [1.82, 2.24) is 0 Å². The first-order valence-electron chi connectivity index (χ1n) is 1.01. The predicted molar refractivity (Wildman–Crippen MR) is 12.4 cm³/mol. The van der Waals surface area contributed by atoms with Gasteiger partial charge in [0.05, 0.1) is 0 Å². The monoisotopic (exact) mass is 274 g/mol. The fourth-order valence-electron chi connectivity index (χ4n) is 0. The third-order valence-corrected chi connectivity index (χ3v) is 0. The molecule has 0 aliphatic carbocycles. The fraction of sp³-hybridized carbons (Fsp3) is 0. The minimum atomic E-state index is -11.1. The van der Waals surface area contributed by atoms with E-state index in [-0.39, 0.29) is 58.2 Å². The van der Waals surface area contributed by atoms with Crippen LogP contribution in [0.5, 0.6) is 0 Å². The van der Waals surface area contributed by atoms with Crippen molar-refractivity contribution >= 4 is 14.2 Å². The summed E-state index contributed by atoms with van der Waals surface area (Å²) in [4.78, 5) is 0. The molecule has 0 spiro atoms. The van der Waals surface area contributed by atoms with Gasteiger partial charge in [-0.1, -0.05) is 0 Å². The molecule has 0 saturated carbocycles. The molecule has 48 valence electrons. The van der Waals surface area contributed by atoms with Crippen LogP contribution < -0.4 is 58.2 Å². The molecule has 0 amide bonds. The smallest absolute Gasteiger partial charge is 1.00 e. The van der Waals surface area contributed by atoms with E-state index in [0.29, 0.717) is 0 Å². The van der Waals surface area contributed by atoms with Crippen LogP contribution in [0.15, 0.2) is 0 Å². The molecule has 0 atom stereocenters. The predicted octanol–water partition coefficient (Wildman–Crippen LogP) is -0.856. The van der Waals surface area contributed by atoms with Gasteiger partial charge < -0.3 is 0 Å². The van der Waals surface area contributed by atoms with Crippen molar-refractivity contribution in [2.45, 2.75) is 0 Å². The summed E-state index contributed by atoms with van der Waals surface area (Å²) in [6, 6.07) is 0. The minimum Gasteiger partial charge on any atom is 1.00 e. The summed E-state index contributed by atoms with van der Waals surface area (Å²) < 4.78 is 59.4. The Morgan fingerprint density at radius 1 is 0.625 bits per heavy atom. The van der Waals surface area contributed by atoms with E-state index in [0.717, 1.165) is 0 Å². The second-order valence-electron chi connectivity index (χ2n) is 0.958. The van der Waals surface area contributed by atoms with Gasteiger partial charge in [0.25, 0.3) is 0 Å². The molecule has 0 radical (unpaired) electrons. The summed E-state index contributed by atoms with van der Waals surface area (Å²) in [7, 11) is 0. The summed E-state index contributed by atoms with van der Waals surface area (Å²) in [5.41, 5.74) is 0. The Morgan fingerprint density at radius 3 is 0.625 bits per heavy atom. The van der Waals surface area contributed by atoms with Gasteiger partial charge in [-0.05, 0) is 0 Å².